The molecule has 1 fully saturated rings. The van der Waals surface area contributed by atoms with Crippen molar-refractivity contribution in [2.75, 3.05) is 6.61 Å². The first-order valence-electron chi connectivity index (χ1n) is 9.19. The molecule has 0 amide bonds. The molecule has 1 rings (SSSR count). The van der Waals surface area contributed by atoms with Gasteiger partial charge in [0, 0.05) is 30.8 Å². The smallest absolute Gasteiger partial charge is 0.302 e. The van der Waals surface area contributed by atoms with E-state index in [9.17, 15) is 4.79 Å². The van der Waals surface area contributed by atoms with Crippen molar-refractivity contribution < 1.29 is 14.4 Å². The number of rotatable bonds is 8. The minimum absolute atomic E-state index is 0.0284. The molecule has 1 heterocycles. The zero-order valence-corrected chi connectivity index (χ0v) is 16.3. The molecule has 1 unspecified atom stereocenters. The van der Waals surface area contributed by atoms with E-state index < -0.39 is 0 Å². The Morgan fingerprint density at radius 2 is 1.74 bits per heavy atom. The summed E-state index contributed by atoms with van der Waals surface area (Å²) in [5.41, 5.74) is -0.296. The van der Waals surface area contributed by atoms with Gasteiger partial charge in [-0.2, -0.15) is 5.06 Å². The molecule has 0 aromatic carbocycles. The zero-order chi connectivity index (χ0) is 17.7. The van der Waals surface area contributed by atoms with Gasteiger partial charge in [-0.1, -0.05) is 33.1 Å². The third kappa shape index (κ3) is 6.42. The standard InChI is InChI=1S/C19H37NO3/c1-8-9-10-11-15(2)14-22-20-18(4,5)12-17(23-16(3)21)13-19(20,6)7/h15,17H,8-14H2,1-7H3. The molecular formula is C19H37NO3. The Bertz CT molecular complexity index is 361. The van der Waals surface area contributed by atoms with E-state index in [1.807, 2.05) is 0 Å². The molecule has 0 radical (unpaired) electrons. The van der Waals surface area contributed by atoms with Gasteiger partial charge in [0.25, 0.3) is 0 Å². The Hall–Kier alpha value is -0.610. The molecule has 4 nitrogen and oxygen atoms in total. The van der Waals surface area contributed by atoms with Crippen LogP contribution in [0, 0.1) is 5.92 Å². The van der Waals surface area contributed by atoms with Crippen LogP contribution < -0.4 is 0 Å². The van der Waals surface area contributed by atoms with E-state index in [0.29, 0.717) is 5.92 Å². The molecule has 1 aliphatic rings. The first-order valence-corrected chi connectivity index (χ1v) is 9.19. The van der Waals surface area contributed by atoms with Crippen LogP contribution in [0.3, 0.4) is 0 Å². The quantitative estimate of drug-likeness (QED) is 0.478. The monoisotopic (exact) mass is 327 g/mol. The molecule has 0 spiro atoms. The first kappa shape index (κ1) is 20.4. The lowest BCUT2D eigenvalue weighted by Crippen LogP contribution is -2.62. The van der Waals surface area contributed by atoms with E-state index in [4.69, 9.17) is 9.57 Å². The maximum absolute atomic E-state index is 11.3. The van der Waals surface area contributed by atoms with Crippen molar-refractivity contribution in [3.63, 3.8) is 0 Å². The van der Waals surface area contributed by atoms with Crippen LogP contribution >= 0.6 is 0 Å². The third-order valence-electron chi connectivity index (χ3n) is 4.68. The van der Waals surface area contributed by atoms with Crippen LogP contribution in [-0.4, -0.2) is 34.8 Å². The fourth-order valence-corrected chi connectivity index (χ4v) is 3.87. The molecule has 0 N–H and O–H groups in total. The van der Waals surface area contributed by atoms with Gasteiger partial charge in [-0.25, -0.2) is 0 Å². The Labute approximate surface area is 142 Å². The summed E-state index contributed by atoms with van der Waals surface area (Å²) in [6, 6.07) is 0. The van der Waals surface area contributed by atoms with Gasteiger partial charge in [0.2, 0.25) is 0 Å². The van der Waals surface area contributed by atoms with E-state index in [1.54, 1.807) is 0 Å². The molecule has 0 aromatic heterocycles. The normalized spacial score (nSPS) is 22.7. The minimum atomic E-state index is -0.194. The molecule has 1 atom stereocenters. The summed E-state index contributed by atoms with van der Waals surface area (Å²) in [4.78, 5) is 17.5. The summed E-state index contributed by atoms with van der Waals surface area (Å²) in [6.07, 6.45) is 6.65. The van der Waals surface area contributed by atoms with Crippen LogP contribution in [0.1, 0.15) is 87.0 Å². The summed E-state index contributed by atoms with van der Waals surface area (Å²) >= 11 is 0. The van der Waals surface area contributed by atoms with Crippen LogP contribution in [-0.2, 0) is 14.4 Å². The Morgan fingerprint density at radius 1 is 1.17 bits per heavy atom. The lowest BCUT2D eigenvalue weighted by molar-refractivity contribution is -0.297. The van der Waals surface area contributed by atoms with Crippen molar-refractivity contribution in [1.82, 2.24) is 5.06 Å². The van der Waals surface area contributed by atoms with Crippen LogP contribution in [0.15, 0.2) is 0 Å². The molecular weight excluding hydrogens is 290 g/mol. The second-order valence-electron chi connectivity index (χ2n) is 8.46. The highest BCUT2D eigenvalue weighted by molar-refractivity contribution is 5.66. The third-order valence-corrected chi connectivity index (χ3v) is 4.68. The van der Waals surface area contributed by atoms with Gasteiger partial charge in [0.1, 0.15) is 6.10 Å². The lowest BCUT2D eigenvalue weighted by Gasteiger charge is -2.53. The number of carbonyl (C=O) groups excluding carboxylic acids is 1. The number of hydrogen-bond acceptors (Lipinski definition) is 4. The van der Waals surface area contributed by atoms with Crippen molar-refractivity contribution in [2.45, 2.75) is 104 Å². The van der Waals surface area contributed by atoms with Gasteiger partial charge < -0.3 is 4.74 Å². The van der Waals surface area contributed by atoms with Gasteiger partial charge in [-0.05, 0) is 40.0 Å². The summed E-state index contributed by atoms with van der Waals surface area (Å²) in [5.74, 6) is 0.375. The minimum Gasteiger partial charge on any atom is -0.462 e. The van der Waals surface area contributed by atoms with Crippen molar-refractivity contribution >= 4 is 5.97 Å². The SMILES string of the molecule is CCCCCC(C)CON1C(C)(C)CC(OC(C)=O)CC1(C)C. The number of esters is 1. The van der Waals surface area contributed by atoms with Gasteiger partial charge >= 0.3 is 5.97 Å². The number of carbonyl (C=O) groups is 1. The van der Waals surface area contributed by atoms with E-state index in [-0.39, 0.29) is 23.2 Å². The molecule has 0 bridgehead atoms. The van der Waals surface area contributed by atoms with Crippen molar-refractivity contribution in [2.24, 2.45) is 5.92 Å². The maximum atomic E-state index is 11.3. The van der Waals surface area contributed by atoms with Crippen molar-refractivity contribution in [1.29, 1.82) is 0 Å². The number of hydroxylamine groups is 2. The first-order chi connectivity index (χ1) is 10.6. The topological polar surface area (TPSA) is 38.8 Å². The second-order valence-corrected chi connectivity index (χ2v) is 8.46. The van der Waals surface area contributed by atoms with Gasteiger partial charge in [-0.3, -0.25) is 9.63 Å². The molecule has 0 saturated carbocycles. The average Bonchev–Trinajstić information content (AvgIpc) is 2.35. The number of ether oxygens (including phenoxy) is 1. The van der Waals surface area contributed by atoms with E-state index in [2.05, 4.69) is 46.6 Å². The second kappa shape index (κ2) is 8.48. The fraction of sp³-hybridized carbons (Fsp3) is 0.947. The number of nitrogens with zero attached hydrogens (tertiary/aromatic N) is 1. The molecule has 1 aliphatic heterocycles. The highest BCUT2D eigenvalue weighted by atomic mass is 16.7. The largest absolute Gasteiger partial charge is 0.462 e. The van der Waals surface area contributed by atoms with E-state index in [1.165, 1.54) is 32.6 Å². The molecule has 23 heavy (non-hydrogen) atoms. The van der Waals surface area contributed by atoms with Crippen molar-refractivity contribution in [3.05, 3.63) is 0 Å². The number of unbranched alkanes of at least 4 members (excludes halogenated alkanes) is 2. The highest BCUT2D eigenvalue weighted by Gasteiger charge is 2.47. The Balaban J connectivity index is 2.61. The molecule has 0 aliphatic carbocycles. The van der Waals surface area contributed by atoms with Crippen LogP contribution in [0.25, 0.3) is 0 Å². The number of hydrogen-bond donors (Lipinski definition) is 0. The van der Waals surface area contributed by atoms with Crippen LogP contribution in [0.2, 0.25) is 0 Å². The van der Waals surface area contributed by atoms with Crippen LogP contribution in [0.4, 0.5) is 0 Å². The fourth-order valence-electron chi connectivity index (χ4n) is 3.87. The summed E-state index contributed by atoms with van der Waals surface area (Å²) in [5, 5.41) is 2.15. The highest BCUT2D eigenvalue weighted by Crippen LogP contribution is 2.40. The maximum Gasteiger partial charge on any atom is 0.302 e. The van der Waals surface area contributed by atoms with Gasteiger partial charge in [-0.15, -0.1) is 0 Å². The molecule has 4 heteroatoms. The van der Waals surface area contributed by atoms with Crippen molar-refractivity contribution in [3.8, 4) is 0 Å². The predicted octanol–water partition coefficient (Wildman–Crippen LogP) is 4.72. The number of piperidine rings is 1. The molecule has 1 saturated heterocycles. The molecule has 0 aromatic rings. The Morgan fingerprint density at radius 3 is 2.22 bits per heavy atom. The molecule has 136 valence electrons. The van der Waals surface area contributed by atoms with E-state index in [0.717, 1.165) is 19.4 Å². The predicted molar refractivity (Wildman–Crippen MR) is 94.0 cm³/mol. The lowest BCUT2D eigenvalue weighted by atomic mass is 9.80. The van der Waals surface area contributed by atoms with Gasteiger partial charge in [0.05, 0.1) is 6.61 Å². The summed E-state index contributed by atoms with van der Waals surface area (Å²) in [6.45, 7) is 15.4. The average molecular weight is 328 g/mol. The Kier molecular flexibility index (Phi) is 7.53. The summed E-state index contributed by atoms with van der Waals surface area (Å²) < 4.78 is 5.48. The zero-order valence-electron chi connectivity index (χ0n) is 16.3. The van der Waals surface area contributed by atoms with E-state index >= 15 is 0 Å². The van der Waals surface area contributed by atoms with Gasteiger partial charge in [0.15, 0.2) is 0 Å². The van der Waals surface area contributed by atoms with Crippen LogP contribution in [0.5, 0.6) is 0 Å². The summed E-state index contributed by atoms with van der Waals surface area (Å²) in [7, 11) is 0.